The summed E-state index contributed by atoms with van der Waals surface area (Å²) in [7, 11) is 0. The van der Waals surface area contributed by atoms with E-state index in [1.807, 2.05) is 75.4 Å². The van der Waals surface area contributed by atoms with Gasteiger partial charge in [-0.25, -0.2) is 0 Å². The van der Waals surface area contributed by atoms with Gasteiger partial charge in [0.25, 0.3) is 5.91 Å². The maximum atomic E-state index is 13.2. The van der Waals surface area contributed by atoms with E-state index in [4.69, 9.17) is 4.74 Å². The van der Waals surface area contributed by atoms with Crippen molar-refractivity contribution in [3.63, 3.8) is 0 Å². The predicted molar refractivity (Wildman–Crippen MR) is 117 cm³/mol. The molecule has 150 valence electrons. The number of fused-ring (bicyclic) bond motifs is 1. The number of rotatable bonds is 3. The number of ether oxygens (including phenoxy) is 1. The molecule has 29 heavy (non-hydrogen) atoms. The summed E-state index contributed by atoms with van der Waals surface area (Å²) in [6.07, 6.45) is -0.0142. The number of hydrogen-bond donors (Lipinski definition) is 1. The zero-order valence-electron chi connectivity index (χ0n) is 17.1. The number of aliphatic hydroxyl groups is 1. The minimum absolute atomic E-state index is 0.0758. The van der Waals surface area contributed by atoms with Crippen molar-refractivity contribution < 1.29 is 14.6 Å². The van der Waals surface area contributed by atoms with E-state index in [0.29, 0.717) is 17.7 Å². The molecule has 1 amide bonds. The monoisotopic (exact) mass is 389 g/mol. The molecular weight excluding hydrogens is 362 g/mol. The van der Waals surface area contributed by atoms with Crippen LogP contribution in [0.5, 0.6) is 11.5 Å². The van der Waals surface area contributed by atoms with Crippen LogP contribution >= 0.6 is 0 Å². The maximum Gasteiger partial charge on any atom is 0.258 e. The fourth-order valence-corrected chi connectivity index (χ4v) is 3.52. The van der Waals surface area contributed by atoms with E-state index < -0.39 is 6.10 Å². The number of para-hydroxylation sites is 2. The molecule has 1 heterocycles. The van der Waals surface area contributed by atoms with Gasteiger partial charge in [-0.3, -0.25) is 4.79 Å². The highest BCUT2D eigenvalue weighted by Crippen LogP contribution is 2.37. The van der Waals surface area contributed by atoms with Gasteiger partial charge >= 0.3 is 0 Å². The molecule has 0 spiro atoms. The average molecular weight is 389 g/mol. The Labute approximate surface area is 172 Å². The Morgan fingerprint density at radius 1 is 0.897 bits per heavy atom. The highest BCUT2D eigenvalue weighted by atomic mass is 16.5. The fraction of sp³-hybridized carbons (Fsp3) is 0.240. The molecule has 1 aliphatic rings. The first-order chi connectivity index (χ1) is 14.1. The molecule has 0 aromatic heterocycles. The number of carbonyl (C=O) groups is 1. The standard InChI is InChI=1S/C23H21NO3.C2H6/c1-16-15-22(25)20-9-5-6-10-21(20)24(16)23(26)17-11-13-19(14-12-17)27-18-7-3-2-4-8-18;1-2/h2-14,16,22,25H,15H2,1H3;1-2H3. The van der Waals surface area contributed by atoms with Crippen LogP contribution in [-0.4, -0.2) is 17.1 Å². The lowest BCUT2D eigenvalue weighted by Crippen LogP contribution is -2.43. The van der Waals surface area contributed by atoms with Crippen LogP contribution in [0.3, 0.4) is 0 Å². The summed E-state index contributed by atoms with van der Waals surface area (Å²) in [5.74, 6) is 1.36. The third-order valence-corrected chi connectivity index (χ3v) is 4.86. The Balaban J connectivity index is 0.00000117. The van der Waals surface area contributed by atoms with E-state index in [9.17, 15) is 9.90 Å². The van der Waals surface area contributed by atoms with Crippen LogP contribution in [0.2, 0.25) is 0 Å². The zero-order chi connectivity index (χ0) is 20.8. The van der Waals surface area contributed by atoms with Gasteiger partial charge in [0.2, 0.25) is 0 Å². The molecule has 0 fully saturated rings. The Morgan fingerprint density at radius 2 is 1.48 bits per heavy atom. The van der Waals surface area contributed by atoms with Gasteiger partial charge in [-0.05, 0) is 55.8 Å². The molecule has 2 unspecified atom stereocenters. The predicted octanol–water partition coefficient (Wildman–Crippen LogP) is 5.98. The smallest absolute Gasteiger partial charge is 0.258 e. The molecule has 4 rings (SSSR count). The van der Waals surface area contributed by atoms with Crippen molar-refractivity contribution in [1.29, 1.82) is 0 Å². The normalized spacial score (nSPS) is 17.6. The Bertz CT molecular complexity index is 938. The Hall–Kier alpha value is -3.11. The second kappa shape index (κ2) is 9.39. The lowest BCUT2D eigenvalue weighted by molar-refractivity contribution is 0.0949. The first kappa shape index (κ1) is 20.6. The highest BCUT2D eigenvalue weighted by Gasteiger charge is 2.33. The number of amides is 1. The molecule has 0 bridgehead atoms. The fourth-order valence-electron chi connectivity index (χ4n) is 3.52. The summed E-state index contributed by atoms with van der Waals surface area (Å²) >= 11 is 0. The van der Waals surface area contributed by atoms with Crippen LogP contribution in [0, 0.1) is 0 Å². The van der Waals surface area contributed by atoms with Crippen LogP contribution < -0.4 is 9.64 Å². The van der Waals surface area contributed by atoms with Crippen LogP contribution in [0.15, 0.2) is 78.9 Å². The summed E-state index contributed by atoms with van der Waals surface area (Å²) in [4.78, 5) is 14.9. The van der Waals surface area contributed by atoms with Crippen LogP contribution in [0.1, 0.15) is 49.2 Å². The highest BCUT2D eigenvalue weighted by molar-refractivity contribution is 6.07. The summed E-state index contributed by atoms with van der Waals surface area (Å²) < 4.78 is 5.79. The van der Waals surface area contributed by atoms with Crippen molar-refractivity contribution in [3.05, 3.63) is 90.0 Å². The van der Waals surface area contributed by atoms with Crippen molar-refractivity contribution in [2.24, 2.45) is 0 Å². The van der Waals surface area contributed by atoms with Gasteiger partial charge in [0.05, 0.1) is 11.8 Å². The van der Waals surface area contributed by atoms with Crippen LogP contribution in [-0.2, 0) is 0 Å². The van der Waals surface area contributed by atoms with E-state index >= 15 is 0 Å². The van der Waals surface area contributed by atoms with E-state index in [-0.39, 0.29) is 11.9 Å². The largest absolute Gasteiger partial charge is 0.457 e. The van der Waals surface area contributed by atoms with Crippen molar-refractivity contribution in [2.45, 2.75) is 39.3 Å². The molecule has 4 heteroatoms. The lowest BCUT2D eigenvalue weighted by Gasteiger charge is -2.37. The second-order valence-electron chi connectivity index (χ2n) is 6.77. The second-order valence-corrected chi connectivity index (χ2v) is 6.77. The molecular formula is C25H27NO3. The lowest BCUT2D eigenvalue weighted by atomic mass is 9.93. The first-order valence-corrected chi connectivity index (χ1v) is 10.1. The third-order valence-electron chi connectivity index (χ3n) is 4.86. The Morgan fingerprint density at radius 3 is 2.17 bits per heavy atom. The third kappa shape index (κ3) is 4.49. The van der Waals surface area contributed by atoms with Crippen LogP contribution in [0.4, 0.5) is 5.69 Å². The van der Waals surface area contributed by atoms with Gasteiger partial charge in [0.15, 0.2) is 0 Å². The molecule has 3 aromatic rings. The zero-order valence-corrected chi connectivity index (χ0v) is 17.1. The quantitative estimate of drug-likeness (QED) is 0.600. The van der Waals surface area contributed by atoms with Gasteiger partial charge in [-0.15, -0.1) is 0 Å². The van der Waals surface area contributed by atoms with Crippen molar-refractivity contribution in [2.75, 3.05) is 4.90 Å². The molecule has 0 saturated carbocycles. The van der Waals surface area contributed by atoms with Gasteiger partial charge < -0.3 is 14.7 Å². The number of benzene rings is 3. The molecule has 1 N–H and O–H groups in total. The molecule has 0 radical (unpaired) electrons. The maximum absolute atomic E-state index is 13.2. The summed E-state index contributed by atoms with van der Waals surface area (Å²) in [6, 6.07) is 24.2. The molecule has 0 saturated heterocycles. The molecule has 4 nitrogen and oxygen atoms in total. The minimum atomic E-state index is -0.540. The Kier molecular flexibility index (Phi) is 6.68. The topological polar surface area (TPSA) is 49.8 Å². The van der Waals surface area contributed by atoms with Gasteiger partial charge in [-0.2, -0.15) is 0 Å². The van der Waals surface area contributed by atoms with E-state index in [2.05, 4.69) is 0 Å². The minimum Gasteiger partial charge on any atom is -0.457 e. The average Bonchev–Trinajstić information content (AvgIpc) is 2.76. The van der Waals surface area contributed by atoms with Gasteiger partial charge in [0, 0.05) is 17.2 Å². The molecule has 3 aromatic carbocycles. The van der Waals surface area contributed by atoms with E-state index in [1.165, 1.54) is 0 Å². The van der Waals surface area contributed by atoms with Crippen molar-refractivity contribution in [1.82, 2.24) is 0 Å². The number of aliphatic hydroxyl groups excluding tert-OH is 1. The number of hydrogen-bond acceptors (Lipinski definition) is 3. The molecule has 1 aliphatic heterocycles. The van der Waals surface area contributed by atoms with Gasteiger partial charge in [-0.1, -0.05) is 50.2 Å². The molecule has 0 aliphatic carbocycles. The van der Waals surface area contributed by atoms with E-state index in [1.54, 1.807) is 29.2 Å². The molecule has 2 atom stereocenters. The van der Waals surface area contributed by atoms with Crippen molar-refractivity contribution in [3.8, 4) is 11.5 Å². The van der Waals surface area contributed by atoms with Crippen molar-refractivity contribution >= 4 is 11.6 Å². The summed E-state index contributed by atoms with van der Waals surface area (Å²) in [5.41, 5.74) is 2.17. The van der Waals surface area contributed by atoms with E-state index in [0.717, 1.165) is 17.0 Å². The first-order valence-electron chi connectivity index (χ1n) is 10.1. The van der Waals surface area contributed by atoms with Crippen LogP contribution in [0.25, 0.3) is 0 Å². The number of nitrogens with zero attached hydrogens (tertiary/aromatic N) is 1. The summed E-state index contributed by atoms with van der Waals surface area (Å²) in [6.45, 7) is 5.96. The summed E-state index contributed by atoms with van der Waals surface area (Å²) in [5, 5.41) is 10.3. The van der Waals surface area contributed by atoms with Gasteiger partial charge in [0.1, 0.15) is 11.5 Å². The number of anilines is 1. The SMILES string of the molecule is CC.CC1CC(O)c2ccccc2N1C(=O)c1ccc(Oc2ccccc2)cc1. The number of carbonyl (C=O) groups excluding carboxylic acids is 1.